The first kappa shape index (κ1) is 9.52. The second-order valence-electron chi connectivity index (χ2n) is 4.03. The van der Waals surface area contributed by atoms with Crippen LogP contribution in [0.2, 0.25) is 0 Å². The van der Waals surface area contributed by atoms with Gasteiger partial charge in [-0.2, -0.15) is 0 Å². The van der Waals surface area contributed by atoms with E-state index in [0.717, 1.165) is 25.7 Å². The van der Waals surface area contributed by atoms with Gasteiger partial charge in [-0.05, 0) is 31.6 Å². The molecule has 2 N–H and O–H groups in total. The predicted octanol–water partition coefficient (Wildman–Crippen LogP) is 0.900. The maximum atomic E-state index is 11.3. The maximum absolute atomic E-state index is 11.3. The molecule has 1 aliphatic carbocycles. The maximum Gasteiger partial charge on any atom is 0.325 e. The van der Waals surface area contributed by atoms with Crippen molar-refractivity contribution in [1.82, 2.24) is 9.55 Å². The highest BCUT2D eigenvalue weighted by Crippen LogP contribution is 2.30. The minimum atomic E-state index is -0.0163. The van der Waals surface area contributed by atoms with Gasteiger partial charge in [-0.1, -0.05) is 0 Å². The van der Waals surface area contributed by atoms with Gasteiger partial charge in [0.15, 0.2) is 0 Å². The van der Waals surface area contributed by atoms with Crippen molar-refractivity contribution in [2.24, 2.45) is 5.92 Å². The summed E-state index contributed by atoms with van der Waals surface area (Å²) in [5.41, 5.74) is -0.0163. The van der Waals surface area contributed by atoms with E-state index >= 15 is 0 Å². The number of aromatic nitrogens is 2. The van der Waals surface area contributed by atoms with Gasteiger partial charge in [-0.25, -0.2) is 4.79 Å². The summed E-state index contributed by atoms with van der Waals surface area (Å²) in [5, 5.41) is 8.99. The molecule has 4 heteroatoms. The van der Waals surface area contributed by atoms with Gasteiger partial charge in [0.2, 0.25) is 0 Å². The number of rotatable bonds is 2. The predicted molar refractivity (Wildman–Crippen MR) is 53.1 cm³/mol. The van der Waals surface area contributed by atoms with Crippen molar-refractivity contribution in [1.29, 1.82) is 0 Å². The number of aliphatic hydroxyl groups is 1. The van der Waals surface area contributed by atoms with Gasteiger partial charge in [0.25, 0.3) is 0 Å². The average Bonchev–Trinajstić information content (AvgIpc) is 2.65. The third-order valence-electron chi connectivity index (χ3n) is 3.14. The minimum absolute atomic E-state index is 0.0163. The van der Waals surface area contributed by atoms with Crippen molar-refractivity contribution in [3.05, 3.63) is 22.9 Å². The Morgan fingerprint density at radius 3 is 2.64 bits per heavy atom. The molecule has 4 nitrogen and oxygen atoms in total. The zero-order valence-corrected chi connectivity index (χ0v) is 8.15. The molecule has 1 saturated carbocycles. The summed E-state index contributed by atoms with van der Waals surface area (Å²) in [6.07, 6.45) is 7.55. The van der Waals surface area contributed by atoms with E-state index in [1.807, 2.05) is 6.20 Å². The van der Waals surface area contributed by atoms with E-state index in [2.05, 4.69) is 4.98 Å². The lowest BCUT2D eigenvalue weighted by Gasteiger charge is -2.27. The fourth-order valence-corrected chi connectivity index (χ4v) is 2.22. The molecule has 1 aromatic heterocycles. The SMILES string of the molecule is O=c1[nH]ccn1C1CCC(CO)CC1. The van der Waals surface area contributed by atoms with Crippen molar-refractivity contribution in [2.75, 3.05) is 6.61 Å². The van der Waals surface area contributed by atoms with Crippen LogP contribution in [0.5, 0.6) is 0 Å². The van der Waals surface area contributed by atoms with Gasteiger partial charge in [-0.15, -0.1) is 0 Å². The second kappa shape index (κ2) is 4.00. The van der Waals surface area contributed by atoms with Crippen LogP contribution >= 0.6 is 0 Å². The van der Waals surface area contributed by atoms with E-state index < -0.39 is 0 Å². The Morgan fingerprint density at radius 1 is 1.43 bits per heavy atom. The minimum Gasteiger partial charge on any atom is -0.396 e. The quantitative estimate of drug-likeness (QED) is 0.738. The fraction of sp³-hybridized carbons (Fsp3) is 0.700. The molecule has 1 heterocycles. The van der Waals surface area contributed by atoms with Crippen molar-refractivity contribution < 1.29 is 5.11 Å². The molecule has 0 amide bonds. The van der Waals surface area contributed by atoms with E-state index in [1.54, 1.807) is 10.8 Å². The summed E-state index contributed by atoms with van der Waals surface area (Å²) in [7, 11) is 0. The van der Waals surface area contributed by atoms with Crippen molar-refractivity contribution in [3.8, 4) is 0 Å². The van der Waals surface area contributed by atoms with E-state index in [1.165, 1.54) is 0 Å². The largest absolute Gasteiger partial charge is 0.396 e. The molecular formula is C10H16N2O2. The van der Waals surface area contributed by atoms with Crippen LogP contribution in [-0.2, 0) is 0 Å². The number of aromatic amines is 1. The van der Waals surface area contributed by atoms with Crippen LogP contribution in [0.3, 0.4) is 0 Å². The molecule has 2 rings (SSSR count). The molecule has 1 aliphatic rings. The molecular weight excluding hydrogens is 180 g/mol. The molecule has 14 heavy (non-hydrogen) atoms. The molecule has 1 fully saturated rings. The monoisotopic (exact) mass is 196 g/mol. The lowest BCUT2D eigenvalue weighted by molar-refractivity contribution is 0.168. The molecule has 0 saturated heterocycles. The summed E-state index contributed by atoms with van der Waals surface area (Å²) in [6.45, 7) is 0.286. The number of nitrogens with zero attached hydrogens (tertiary/aromatic N) is 1. The molecule has 0 unspecified atom stereocenters. The normalized spacial score (nSPS) is 27.8. The van der Waals surface area contributed by atoms with E-state index in [9.17, 15) is 4.79 Å². The zero-order valence-electron chi connectivity index (χ0n) is 8.15. The van der Waals surface area contributed by atoms with Crippen LogP contribution in [0.4, 0.5) is 0 Å². The Labute approximate surface area is 82.6 Å². The van der Waals surface area contributed by atoms with Crippen molar-refractivity contribution >= 4 is 0 Å². The van der Waals surface area contributed by atoms with Gasteiger partial charge in [0.05, 0.1) is 0 Å². The first-order valence-electron chi connectivity index (χ1n) is 5.17. The third kappa shape index (κ3) is 1.75. The number of H-pyrrole nitrogens is 1. The smallest absolute Gasteiger partial charge is 0.325 e. The van der Waals surface area contributed by atoms with Crippen molar-refractivity contribution in [3.63, 3.8) is 0 Å². The Bertz CT molecular complexity index is 334. The van der Waals surface area contributed by atoms with Crippen LogP contribution in [0.25, 0.3) is 0 Å². The summed E-state index contributed by atoms with van der Waals surface area (Å²) >= 11 is 0. The van der Waals surface area contributed by atoms with Crippen LogP contribution in [0.1, 0.15) is 31.7 Å². The van der Waals surface area contributed by atoms with Crippen LogP contribution in [-0.4, -0.2) is 21.3 Å². The Balaban J connectivity index is 2.02. The number of aliphatic hydroxyl groups excluding tert-OH is 1. The van der Waals surface area contributed by atoms with E-state index in [0.29, 0.717) is 12.0 Å². The van der Waals surface area contributed by atoms with Crippen molar-refractivity contribution in [2.45, 2.75) is 31.7 Å². The molecule has 0 spiro atoms. The summed E-state index contributed by atoms with van der Waals surface area (Å²) < 4.78 is 1.77. The summed E-state index contributed by atoms with van der Waals surface area (Å²) in [5.74, 6) is 0.445. The number of hydrogen-bond acceptors (Lipinski definition) is 2. The highest BCUT2D eigenvalue weighted by molar-refractivity contribution is 4.84. The highest BCUT2D eigenvalue weighted by atomic mass is 16.3. The van der Waals surface area contributed by atoms with E-state index in [-0.39, 0.29) is 12.3 Å². The van der Waals surface area contributed by atoms with Crippen LogP contribution < -0.4 is 5.69 Å². The van der Waals surface area contributed by atoms with Gasteiger partial charge in [-0.3, -0.25) is 4.57 Å². The standard InChI is InChI=1S/C10H16N2O2/c13-7-8-1-3-9(4-2-8)12-6-5-11-10(12)14/h5-6,8-9,13H,1-4,7H2,(H,11,14). The lowest BCUT2D eigenvalue weighted by Crippen LogP contribution is -2.26. The first-order valence-corrected chi connectivity index (χ1v) is 5.17. The van der Waals surface area contributed by atoms with Gasteiger partial charge in [0.1, 0.15) is 0 Å². The number of imidazole rings is 1. The number of hydrogen-bond donors (Lipinski definition) is 2. The summed E-state index contributed by atoms with van der Waals surface area (Å²) in [4.78, 5) is 14.0. The fourth-order valence-electron chi connectivity index (χ4n) is 2.22. The molecule has 1 aromatic rings. The molecule has 78 valence electrons. The molecule has 0 aliphatic heterocycles. The Morgan fingerprint density at radius 2 is 2.14 bits per heavy atom. The van der Waals surface area contributed by atoms with Gasteiger partial charge < -0.3 is 10.1 Å². The van der Waals surface area contributed by atoms with E-state index in [4.69, 9.17) is 5.11 Å². The molecule has 0 bridgehead atoms. The Kier molecular flexibility index (Phi) is 2.72. The Hall–Kier alpha value is -1.03. The van der Waals surface area contributed by atoms with Gasteiger partial charge >= 0.3 is 5.69 Å². The van der Waals surface area contributed by atoms with Crippen LogP contribution in [0.15, 0.2) is 17.2 Å². The second-order valence-corrected chi connectivity index (χ2v) is 4.03. The van der Waals surface area contributed by atoms with Crippen LogP contribution in [0, 0.1) is 5.92 Å². The zero-order chi connectivity index (χ0) is 9.97. The number of nitrogens with one attached hydrogen (secondary N) is 1. The highest BCUT2D eigenvalue weighted by Gasteiger charge is 2.22. The average molecular weight is 196 g/mol. The molecule has 0 radical (unpaired) electrons. The summed E-state index contributed by atoms with van der Waals surface area (Å²) in [6, 6.07) is 0.330. The third-order valence-corrected chi connectivity index (χ3v) is 3.14. The van der Waals surface area contributed by atoms with Gasteiger partial charge in [0, 0.05) is 25.0 Å². The molecule has 0 atom stereocenters. The first-order chi connectivity index (χ1) is 6.81. The lowest BCUT2D eigenvalue weighted by atomic mass is 9.86. The topological polar surface area (TPSA) is 58.0 Å². The molecule has 0 aromatic carbocycles.